The second-order valence-electron chi connectivity index (χ2n) is 4.78. The molecule has 1 aliphatic heterocycles. The van der Waals surface area contributed by atoms with E-state index in [-0.39, 0.29) is 27.9 Å². The number of aromatic nitrogens is 1. The fourth-order valence-electron chi connectivity index (χ4n) is 2.03. The van der Waals surface area contributed by atoms with Gasteiger partial charge in [-0.1, -0.05) is 23.2 Å². The number of carbonyl (C=O) groups is 1. The molecule has 1 aromatic rings. The molecule has 21 heavy (non-hydrogen) atoms. The number of halogens is 2. The van der Waals surface area contributed by atoms with E-state index >= 15 is 0 Å². The number of hydrogen-bond donors (Lipinski definition) is 1. The molecule has 1 atom stereocenters. The number of nitrogens with zero attached hydrogens (tertiary/aromatic N) is 1. The predicted octanol–water partition coefficient (Wildman–Crippen LogP) is 2.70. The van der Waals surface area contributed by atoms with Crippen molar-refractivity contribution in [2.75, 3.05) is 26.4 Å². The molecule has 2 heterocycles. The number of nitrogens with one attached hydrogen (secondary N) is 1. The summed E-state index contributed by atoms with van der Waals surface area (Å²) in [6.45, 7) is 2.53. The van der Waals surface area contributed by atoms with Gasteiger partial charge in [-0.25, -0.2) is 4.98 Å². The van der Waals surface area contributed by atoms with Gasteiger partial charge in [0.05, 0.1) is 17.7 Å². The van der Waals surface area contributed by atoms with E-state index in [9.17, 15) is 4.79 Å². The van der Waals surface area contributed by atoms with Crippen LogP contribution >= 0.6 is 23.2 Å². The maximum absolute atomic E-state index is 11.9. The first-order valence-electron chi connectivity index (χ1n) is 6.96. The molecule has 1 aromatic heterocycles. The van der Waals surface area contributed by atoms with Crippen LogP contribution in [0.2, 0.25) is 10.2 Å². The summed E-state index contributed by atoms with van der Waals surface area (Å²) in [5.74, 6) is -0.332. The summed E-state index contributed by atoms with van der Waals surface area (Å²) in [6, 6.07) is 3.09. The zero-order chi connectivity index (χ0) is 15.1. The standard InChI is InChI=1S/C14H18Cl2N2O3/c15-11-4-5-12(16)18-13(11)14(19)17-6-2-7-20-9-10-3-1-8-21-10/h4-5,10H,1-3,6-9H2,(H,17,19). The number of pyridine rings is 1. The molecular weight excluding hydrogens is 315 g/mol. The monoisotopic (exact) mass is 332 g/mol. The summed E-state index contributed by atoms with van der Waals surface area (Å²) in [5, 5.41) is 3.26. The van der Waals surface area contributed by atoms with E-state index in [2.05, 4.69) is 10.3 Å². The molecule has 1 unspecified atom stereocenters. The van der Waals surface area contributed by atoms with Crippen LogP contribution in [0.25, 0.3) is 0 Å². The smallest absolute Gasteiger partial charge is 0.271 e. The van der Waals surface area contributed by atoms with E-state index in [0.29, 0.717) is 19.8 Å². The van der Waals surface area contributed by atoms with Crippen LogP contribution in [0.5, 0.6) is 0 Å². The first-order valence-corrected chi connectivity index (χ1v) is 7.72. The van der Waals surface area contributed by atoms with Gasteiger partial charge in [-0.15, -0.1) is 0 Å². The van der Waals surface area contributed by atoms with E-state index in [1.807, 2.05) is 0 Å². The van der Waals surface area contributed by atoms with Crippen LogP contribution in [0.1, 0.15) is 29.8 Å². The Kier molecular flexibility index (Phi) is 6.70. The molecule has 0 spiro atoms. The van der Waals surface area contributed by atoms with Crippen LogP contribution in [0.4, 0.5) is 0 Å². The minimum atomic E-state index is -0.332. The average molecular weight is 333 g/mol. The van der Waals surface area contributed by atoms with Crippen molar-refractivity contribution in [2.24, 2.45) is 0 Å². The van der Waals surface area contributed by atoms with E-state index in [1.54, 1.807) is 12.1 Å². The molecule has 1 saturated heterocycles. The first-order chi connectivity index (χ1) is 10.2. The topological polar surface area (TPSA) is 60.5 Å². The lowest BCUT2D eigenvalue weighted by Gasteiger charge is -2.10. The van der Waals surface area contributed by atoms with E-state index in [1.165, 1.54) is 0 Å². The van der Waals surface area contributed by atoms with Crippen LogP contribution in [-0.2, 0) is 9.47 Å². The van der Waals surface area contributed by atoms with Crippen LogP contribution in [-0.4, -0.2) is 43.4 Å². The van der Waals surface area contributed by atoms with Crippen molar-refractivity contribution in [3.05, 3.63) is 28.0 Å². The molecule has 7 heteroatoms. The van der Waals surface area contributed by atoms with Gasteiger partial charge in [0, 0.05) is 19.8 Å². The Labute approximate surface area is 133 Å². The number of hydrogen-bond acceptors (Lipinski definition) is 4. The molecular formula is C14H18Cl2N2O3. The Morgan fingerprint density at radius 1 is 1.48 bits per heavy atom. The summed E-state index contributed by atoms with van der Waals surface area (Å²) < 4.78 is 11.0. The van der Waals surface area contributed by atoms with Crippen molar-refractivity contribution in [3.8, 4) is 0 Å². The maximum atomic E-state index is 11.9. The third-order valence-electron chi connectivity index (χ3n) is 3.11. The van der Waals surface area contributed by atoms with Crippen molar-refractivity contribution in [1.29, 1.82) is 0 Å². The number of ether oxygens (including phenoxy) is 2. The van der Waals surface area contributed by atoms with Gasteiger partial charge in [-0.05, 0) is 31.4 Å². The van der Waals surface area contributed by atoms with Crippen molar-refractivity contribution in [2.45, 2.75) is 25.4 Å². The zero-order valence-corrected chi connectivity index (χ0v) is 13.1. The summed E-state index contributed by atoms with van der Waals surface area (Å²) >= 11 is 11.6. The molecule has 5 nitrogen and oxygen atoms in total. The number of amides is 1. The molecule has 0 saturated carbocycles. The highest BCUT2D eigenvalue weighted by molar-refractivity contribution is 6.34. The highest BCUT2D eigenvalue weighted by atomic mass is 35.5. The summed E-state index contributed by atoms with van der Waals surface area (Å²) in [5.41, 5.74) is 0.143. The Hall–Kier alpha value is -0.880. The summed E-state index contributed by atoms with van der Waals surface area (Å²) in [6.07, 6.45) is 3.12. The second-order valence-corrected chi connectivity index (χ2v) is 5.58. The highest BCUT2D eigenvalue weighted by Gasteiger charge is 2.15. The van der Waals surface area contributed by atoms with Crippen LogP contribution < -0.4 is 5.32 Å². The third-order valence-corrected chi connectivity index (χ3v) is 3.62. The molecule has 1 amide bonds. The van der Waals surface area contributed by atoms with Gasteiger partial charge in [-0.3, -0.25) is 4.79 Å². The molecule has 0 bridgehead atoms. The zero-order valence-electron chi connectivity index (χ0n) is 11.6. The normalized spacial score (nSPS) is 17.9. The van der Waals surface area contributed by atoms with Gasteiger partial charge in [0.1, 0.15) is 10.8 Å². The molecule has 0 radical (unpaired) electrons. The Morgan fingerprint density at radius 3 is 3.10 bits per heavy atom. The average Bonchev–Trinajstić information content (AvgIpc) is 2.98. The van der Waals surface area contributed by atoms with Gasteiger partial charge in [0.15, 0.2) is 0 Å². The van der Waals surface area contributed by atoms with Crippen LogP contribution in [0, 0.1) is 0 Å². The minimum Gasteiger partial charge on any atom is -0.379 e. The predicted molar refractivity (Wildman–Crippen MR) is 81.0 cm³/mol. The lowest BCUT2D eigenvalue weighted by Crippen LogP contribution is -2.27. The first kappa shape index (κ1) is 16.5. The van der Waals surface area contributed by atoms with Gasteiger partial charge in [0.25, 0.3) is 5.91 Å². The Morgan fingerprint density at radius 2 is 2.33 bits per heavy atom. The lowest BCUT2D eigenvalue weighted by molar-refractivity contribution is 0.0166. The van der Waals surface area contributed by atoms with Crippen molar-refractivity contribution in [3.63, 3.8) is 0 Å². The van der Waals surface area contributed by atoms with Gasteiger partial charge in [0.2, 0.25) is 0 Å². The van der Waals surface area contributed by atoms with Gasteiger partial charge in [-0.2, -0.15) is 0 Å². The molecule has 116 valence electrons. The Balaban J connectivity index is 1.61. The molecule has 1 N–H and O–H groups in total. The summed E-state index contributed by atoms with van der Waals surface area (Å²) in [7, 11) is 0. The second kappa shape index (κ2) is 8.54. The van der Waals surface area contributed by atoms with E-state index in [0.717, 1.165) is 25.9 Å². The highest BCUT2D eigenvalue weighted by Crippen LogP contribution is 2.16. The largest absolute Gasteiger partial charge is 0.379 e. The minimum absolute atomic E-state index is 0.143. The van der Waals surface area contributed by atoms with Crippen molar-refractivity contribution >= 4 is 29.1 Å². The summed E-state index contributed by atoms with van der Waals surface area (Å²) in [4.78, 5) is 15.8. The molecule has 1 fully saturated rings. The van der Waals surface area contributed by atoms with Crippen LogP contribution in [0.3, 0.4) is 0 Å². The van der Waals surface area contributed by atoms with E-state index < -0.39 is 0 Å². The van der Waals surface area contributed by atoms with E-state index in [4.69, 9.17) is 32.7 Å². The van der Waals surface area contributed by atoms with Gasteiger partial charge < -0.3 is 14.8 Å². The number of carbonyl (C=O) groups excluding carboxylic acids is 1. The molecule has 2 rings (SSSR count). The van der Waals surface area contributed by atoms with Crippen LogP contribution in [0.15, 0.2) is 12.1 Å². The maximum Gasteiger partial charge on any atom is 0.271 e. The lowest BCUT2D eigenvalue weighted by atomic mass is 10.2. The van der Waals surface area contributed by atoms with Gasteiger partial charge >= 0.3 is 0 Å². The fourth-order valence-corrected chi connectivity index (χ4v) is 2.37. The quantitative estimate of drug-likeness (QED) is 0.616. The SMILES string of the molecule is O=C(NCCCOCC1CCCO1)c1nc(Cl)ccc1Cl. The molecule has 0 aliphatic carbocycles. The third kappa shape index (κ3) is 5.43. The molecule has 1 aliphatic rings. The fraction of sp³-hybridized carbons (Fsp3) is 0.571. The van der Waals surface area contributed by atoms with Crippen molar-refractivity contribution < 1.29 is 14.3 Å². The molecule has 0 aromatic carbocycles. The Bertz CT molecular complexity index is 479. The van der Waals surface area contributed by atoms with Crippen molar-refractivity contribution in [1.82, 2.24) is 10.3 Å². The number of rotatable bonds is 7.